The van der Waals surface area contributed by atoms with E-state index >= 15 is 0 Å². The van der Waals surface area contributed by atoms with Gasteiger partial charge >= 0.3 is 0 Å². The van der Waals surface area contributed by atoms with E-state index < -0.39 is 5.91 Å². The topological polar surface area (TPSA) is 88.8 Å². The molecule has 0 atom stereocenters. The Morgan fingerprint density at radius 3 is 2.92 bits per heavy atom. The maximum Gasteiger partial charge on any atom is 0.265 e. The molecule has 0 aliphatic carbocycles. The van der Waals surface area contributed by atoms with Crippen LogP contribution in [0.2, 0.25) is 0 Å². The van der Waals surface area contributed by atoms with Gasteiger partial charge in [-0.25, -0.2) is 4.98 Å². The molecular weight excluding hydrogens is 226 g/mol. The van der Waals surface area contributed by atoms with E-state index in [9.17, 15) is 9.59 Å². The number of nitrogens with two attached hydrogens (primary N) is 1. The van der Waals surface area contributed by atoms with Crippen LogP contribution in [0.25, 0.3) is 0 Å². The molecule has 0 radical (unpaired) electrons. The molecule has 1 aromatic heterocycles. The van der Waals surface area contributed by atoms with Crippen LogP contribution in [0.4, 0.5) is 0 Å². The van der Waals surface area contributed by atoms with Gasteiger partial charge in [0.1, 0.15) is 10.3 Å². The molecule has 1 rings (SSSR count). The zero-order valence-electron chi connectivity index (χ0n) is 6.00. The highest BCUT2D eigenvalue weighted by molar-refractivity contribution is 9.10. The minimum atomic E-state index is -0.527. The fourth-order valence-electron chi connectivity index (χ4n) is 0.671. The largest absolute Gasteiger partial charge is 0.369 e. The summed E-state index contributed by atoms with van der Waals surface area (Å²) in [7, 11) is 0. The van der Waals surface area contributed by atoms with Gasteiger partial charge in [-0.2, -0.15) is 0 Å². The van der Waals surface area contributed by atoms with Crippen LogP contribution in [-0.2, 0) is 11.2 Å². The molecule has 0 bridgehead atoms. The van der Waals surface area contributed by atoms with E-state index in [4.69, 9.17) is 5.73 Å². The van der Waals surface area contributed by atoms with Gasteiger partial charge in [0.25, 0.3) is 5.56 Å². The van der Waals surface area contributed by atoms with Crippen molar-refractivity contribution in [3.63, 3.8) is 0 Å². The lowest BCUT2D eigenvalue weighted by molar-refractivity contribution is -0.117. The van der Waals surface area contributed by atoms with Gasteiger partial charge in [0, 0.05) is 6.20 Å². The second-order valence-electron chi connectivity index (χ2n) is 2.15. The molecule has 12 heavy (non-hydrogen) atoms. The summed E-state index contributed by atoms with van der Waals surface area (Å²) in [6, 6.07) is 0. The maximum atomic E-state index is 10.9. The third-order valence-electron chi connectivity index (χ3n) is 1.15. The van der Waals surface area contributed by atoms with Gasteiger partial charge < -0.3 is 10.7 Å². The standard InChI is InChI=1S/C6H6BrN3O2/c7-3-2-9-5(1-4(8)11)10-6(3)12/h2H,1H2,(H2,8,11)(H,9,10,12). The van der Waals surface area contributed by atoms with E-state index in [-0.39, 0.29) is 17.8 Å². The average Bonchev–Trinajstić information content (AvgIpc) is 1.96. The normalized spacial score (nSPS) is 9.75. The second kappa shape index (κ2) is 3.48. The fourth-order valence-corrected chi connectivity index (χ4v) is 0.873. The summed E-state index contributed by atoms with van der Waals surface area (Å²) >= 11 is 2.97. The Morgan fingerprint density at radius 2 is 2.42 bits per heavy atom. The van der Waals surface area contributed by atoms with Crippen molar-refractivity contribution in [3.8, 4) is 0 Å². The van der Waals surface area contributed by atoms with Crippen molar-refractivity contribution >= 4 is 21.8 Å². The van der Waals surface area contributed by atoms with E-state index in [1.54, 1.807) is 0 Å². The number of aromatic nitrogens is 2. The summed E-state index contributed by atoms with van der Waals surface area (Å²) < 4.78 is 0.329. The highest BCUT2D eigenvalue weighted by Crippen LogP contribution is 1.98. The summed E-state index contributed by atoms with van der Waals surface area (Å²) in [6.45, 7) is 0. The number of primary amides is 1. The van der Waals surface area contributed by atoms with E-state index in [1.165, 1.54) is 6.20 Å². The Balaban J connectivity index is 2.97. The summed E-state index contributed by atoms with van der Waals surface area (Å²) in [6.07, 6.45) is 1.28. The monoisotopic (exact) mass is 231 g/mol. The first kappa shape index (κ1) is 8.92. The van der Waals surface area contributed by atoms with Gasteiger partial charge in [0.2, 0.25) is 5.91 Å². The lowest BCUT2D eigenvalue weighted by Gasteiger charge is -1.95. The fraction of sp³-hybridized carbons (Fsp3) is 0.167. The van der Waals surface area contributed by atoms with Gasteiger partial charge in [-0.15, -0.1) is 0 Å². The van der Waals surface area contributed by atoms with Gasteiger partial charge in [-0.05, 0) is 15.9 Å². The van der Waals surface area contributed by atoms with E-state index in [2.05, 4.69) is 25.9 Å². The number of H-pyrrole nitrogens is 1. The van der Waals surface area contributed by atoms with Crippen molar-refractivity contribution in [1.82, 2.24) is 9.97 Å². The Morgan fingerprint density at radius 1 is 1.75 bits per heavy atom. The number of nitrogens with one attached hydrogen (secondary N) is 1. The summed E-state index contributed by atoms with van der Waals surface area (Å²) in [5, 5.41) is 0. The van der Waals surface area contributed by atoms with Crippen molar-refractivity contribution < 1.29 is 4.79 Å². The number of hydrogen-bond donors (Lipinski definition) is 2. The first-order valence-electron chi connectivity index (χ1n) is 3.11. The molecule has 0 saturated heterocycles. The number of aromatic amines is 1. The van der Waals surface area contributed by atoms with Crippen LogP contribution in [0.15, 0.2) is 15.5 Å². The summed E-state index contributed by atoms with van der Waals surface area (Å²) in [4.78, 5) is 27.5. The molecule has 1 amide bonds. The zero-order valence-corrected chi connectivity index (χ0v) is 7.59. The molecule has 0 unspecified atom stereocenters. The molecule has 1 aromatic rings. The maximum absolute atomic E-state index is 10.9. The quantitative estimate of drug-likeness (QED) is 0.724. The van der Waals surface area contributed by atoms with Crippen LogP contribution in [0.3, 0.4) is 0 Å². The minimum Gasteiger partial charge on any atom is -0.369 e. The van der Waals surface area contributed by atoms with Crippen molar-refractivity contribution in [1.29, 1.82) is 0 Å². The van der Waals surface area contributed by atoms with Gasteiger partial charge in [-0.1, -0.05) is 0 Å². The minimum absolute atomic E-state index is 0.0531. The van der Waals surface area contributed by atoms with Crippen molar-refractivity contribution in [3.05, 3.63) is 26.8 Å². The first-order valence-corrected chi connectivity index (χ1v) is 3.91. The lowest BCUT2D eigenvalue weighted by Crippen LogP contribution is -2.19. The van der Waals surface area contributed by atoms with Crippen LogP contribution in [0.1, 0.15) is 5.82 Å². The summed E-state index contributed by atoms with van der Waals surface area (Å²) in [5.41, 5.74) is 4.58. The molecule has 0 aliphatic heterocycles. The first-order chi connectivity index (χ1) is 5.59. The van der Waals surface area contributed by atoms with Crippen LogP contribution in [0, 0.1) is 0 Å². The molecule has 5 nitrogen and oxygen atoms in total. The Bertz CT molecular complexity index is 360. The molecule has 64 valence electrons. The van der Waals surface area contributed by atoms with Gasteiger partial charge in [0.05, 0.1) is 6.42 Å². The van der Waals surface area contributed by atoms with Crippen LogP contribution in [-0.4, -0.2) is 15.9 Å². The van der Waals surface area contributed by atoms with E-state index in [0.29, 0.717) is 4.47 Å². The van der Waals surface area contributed by atoms with Crippen molar-refractivity contribution in [2.24, 2.45) is 5.73 Å². The number of amides is 1. The molecule has 0 aromatic carbocycles. The van der Waals surface area contributed by atoms with Crippen molar-refractivity contribution in [2.75, 3.05) is 0 Å². The molecule has 1 heterocycles. The number of rotatable bonds is 2. The predicted octanol–water partition coefficient (Wildman–Crippen LogP) is -0.440. The number of carbonyl (C=O) groups is 1. The van der Waals surface area contributed by atoms with Crippen LogP contribution >= 0.6 is 15.9 Å². The van der Waals surface area contributed by atoms with E-state index in [0.717, 1.165) is 0 Å². The molecule has 3 N–H and O–H groups in total. The number of nitrogens with zero attached hydrogens (tertiary/aromatic N) is 1. The Labute approximate surface area is 76.1 Å². The molecule has 0 fully saturated rings. The Hall–Kier alpha value is -1.17. The second-order valence-corrected chi connectivity index (χ2v) is 3.00. The highest BCUT2D eigenvalue weighted by Gasteiger charge is 2.02. The Kier molecular flexibility index (Phi) is 2.59. The molecule has 0 spiro atoms. The average molecular weight is 232 g/mol. The molecule has 0 aliphatic rings. The third-order valence-corrected chi connectivity index (χ3v) is 1.72. The molecule has 6 heteroatoms. The highest BCUT2D eigenvalue weighted by atomic mass is 79.9. The van der Waals surface area contributed by atoms with Crippen molar-refractivity contribution in [2.45, 2.75) is 6.42 Å². The molecule has 0 saturated carbocycles. The van der Waals surface area contributed by atoms with Gasteiger partial charge in [0.15, 0.2) is 0 Å². The molecular formula is C6H6BrN3O2. The number of halogens is 1. The predicted molar refractivity (Wildman–Crippen MR) is 45.5 cm³/mol. The van der Waals surface area contributed by atoms with Crippen LogP contribution < -0.4 is 11.3 Å². The number of hydrogen-bond acceptors (Lipinski definition) is 3. The van der Waals surface area contributed by atoms with E-state index in [1.807, 2.05) is 0 Å². The zero-order chi connectivity index (χ0) is 9.14. The van der Waals surface area contributed by atoms with Crippen LogP contribution in [0.5, 0.6) is 0 Å². The SMILES string of the molecule is NC(=O)Cc1ncc(Br)c(=O)[nH]1. The lowest BCUT2D eigenvalue weighted by atomic mass is 10.4. The smallest absolute Gasteiger partial charge is 0.265 e. The third kappa shape index (κ3) is 2.16. The number of carbonyl (C=O) groups excluding carboxylic acids is 1. The van der Waals surface area contributed by atoms with Gasteiger partial charge in [-0.3, -0.25) is 9.59 Å². The summed E-state index contributed by atoms with van der Waals surface area (Å²) in [5.74, 6) is -0.254.